The Morgan fingerprint density at radius 2 is 1.24 bits per heavy atom. The van der Waals surface area contributed by atoms with Gasteiger partial charge in [0.25, 0.3) is 0 Å². The van der Waals surface area contributed by atoms with Crippen molar-refractivity contribution in [1.82, 2.24) is 4.98 Å². The van der Waals surface area contributed by atoms with Crippen LogP contribution in [0.2, 0.25) is 4.47 Å². The Morgan fingerprint density at radius 1 is 0.621 bits per heavy atom. The van der Waals surface area contributed by atoms with Crippen LogP contribution in [0.25, 0.3) is 21.3 Å². The van der Waals surface area contributed by atoms with Gasteiger partial charge in [-0.3, -0.25) is 0 Å². The fraction of sp³-hybridized carbons (Fsp3) is 0. The third-order valence-corrected chi connectivity index (χ3v) is 5.95. The number of rotatable bonds is 4. The lowest BCUT2D eigenvalue weighted by atomic mass is 10.0. The molecule has 4 heteroatoms. The van der Waals surface area contributed by atoms with Crippen molar-refractivity contribution >= 4 is 50.2 Å². The standard InChI is InChI=1S/C25H17ClN2S/c26-25-27-23-15-14-19(17-24(23)29-25)18-8-7-13-22(16-18)28(20-9-3-1-4-10-20)21-11-5-2-6-12-21/h1-17H. The molecule has 0 N–H and O–H groups in total. The fourth-order valence-electron chi connectivity index (χ4n) is 3.50. The van der Waals surface area contributed by atoms with E-state index >= 15 is 0 Å². The van der Waals surface area contributed by atoms with Gasteiger partial charge in [0.05, 0.1) is 10.2 Å². The lowest BCUT2D eigenvalue weighted by molar-refractivity contribution is 1.28. The number of benzene rings is 4. The number of para-hydroxylation sites is 2. The van der Waals surface area contributed by atoms with Gasteiger partial charge in [0, 0.05) is 17.1 Å². The van der Waals surface area contributed by atoms with Crippen LogP contribution in [-0.4, -0.2) is 4.98 Å². The Kier molecular flexibility index (Phi) is 4.76. The van der Waals surface area contributed by atoms with E-state index in [4.69, 9.17) is 11.6 Å². The molecule has 0 radical (unpaired) electrons. The van der Waals surface area contributed by atoms with Crippen LogP contribution in [-0.2, 0) is 0 Å². The molecule has 0 amide bonds. The first-order valence-corrected chi connectivity index (χ1v) is 10.5. The molecule has 0 saturated carbocycles. The van der Waals surface area contributed by atoms with E-state index < -0.39 is 0 Å². The normalized spacial score (nSPS) is 10.9. The van der Waals surface area contributed by atoms with Crippen molar-refractivity contribution in [1.29, 1.82) is 0 Å². The van der Waals surface area contributed by atoms with Gasteiger partial charge in [-0.15, -0.1) is 11.3 Å². The minimum atomic E-state index is 0.574. The minimum absolute atomic E-state index is 0.574. The van der Waals surface area contributed by atoms with Crippen molar-refractivity contribution in [3.63, 3.8) is 0 Å². The molecule has 140 valence electrons. The molecule has 0 fully saturated rings. The smallest absolute Gasteiger partial charge is 0.184 e. The summed E-state index contributed by atoms with van der Waals surface area (Å²) >= 11 is 7.59. The van der Waals surface area contributed by atoms with Crippen LogP contribution in [0.5, 0.6) is 0 Å². The molecule has 2 nitrogen and oxygen atoms in total. The molecule has 0 aliphatic carbocycles. The summed E-state index contributed by atoms with van der Waals surface area (Å²) in [5, 5.41) is 0. The Morgan fingerprint density at radius 3 is 1.93 bits per heavy atom. The molecule has 0 aliphatic rings. The van der Waals surface area contributed by atoms with E-state index in [1.807, 2.05) is 18.2 Å². The van der Waals surface area contributed by atoms with Crippen LogP contribution in [0, 0.1) is 0 Å². The van der Waals surface area contributed by atoms with Crippen molar-refractivity contribution in [3.05, 3.63) is 108 Å². The molecule has 1 heterocycles. The highest BCUT2D eigenvalue weighted by Gasteiger charge is 2.13. The third kappa shape index (κ3) is 3.63. The number of aromatic nitrogens is 1. The summed E-state index contributed by atoms with van der Waals surface area (Å²) in [5.41, 5.74) is 6.62. The molecule has 5 rings (SSSR count). The molecule has 0 aliphatic heterocycles. The first-order chi connectivity index (χ1) is 14.3. The predicted molar refractivity (Wildman–Crippen MR) is 125 cm³/mol. The Labute approximate surface area is 178 Å². The zero-order valence-electron chi connectivity index (χ0n) is 15.5. The second-order valence-electron chi connectivity index (χ2n) is 6.71. The van der Waals surface area contributed by atoms with Crippen molar-refractivity contribution < 1.29 is 0 Å². The average molecular weight is 413 g/mol. The van der Waals surface area contributed by atoms with Crippen LogP contribution >= 0.6 is 22.9 Å². The maximum atomic E-state index is 6.08. The van der Waals surface area contributed by atoms with E-state index in [1.165, 1.54) is 11.3 Å². The van der Waals surface area contributed by atoms with E-state index in [0.717, 1.165) is 38.4 Å². The van der Waals surface area contributed by atoms with Gasteiger partial charge in [0.1, 0.15) is 0 Å². The Bertz CT molecular complexity index is 1230. The van der Waals surface area contributed by atoms with Gasteiger partial charge < -0.3 is 4.90 Å². The van der Waals surface area contributed by atoms with Gasteiger partial charge in [-0.1, -0.05) is 66.2 Å². The van der Waals surface area contributed by atoms with E-state index in [9.17, 15) is 0 Å². The van der Waals surface area contributed by atoms with Crippen LogP contribution in [0.3, 0.4) is 0 Å². The van der Waals surface area contributed by atoms with Crippen LogP contribution in [0.1, 0.15) is 0 Å². The number of halogens is 1. The van der Waals surface area contributed by atoms with Gasteiger partial charge in [-0.05, 0) is 59.7 Å². The number of nitrogens with zero attached hydrogens (tertiary/aromatic N) is 2. The SMILES string of the molecule is Clc1nc2ccc(-c3cccc(N(c4ccccc4)c4ccccc4)c3)cc2s1. The lowest BCUT2D eigenvalue weighted by Crippen LogP contribution is -2.09. The molecule has 29 heavy (non-hydrogen) atoms. The number of hydrogen-bond acceptors (Lipinski definition) is 3. The largest absolute Gasteiger partial charge is 0.310 e. The highest BCUT2D eigenvalue weighted by Crippen LogP contribution is 2.37. The highest BCUT2D eigenvalue weighted by atomic mass is 35.5. The number of fused-ring (bicyclic) bond motifs is 1. The maximum Gasteiger partial charge on any atom is 0.184 e. The molecule has 1 aromatic heterocycles. The molecule has 0 spiro atoms. The summed E-state index contributed by atoms with van der Waals surface area (Å²) in [5.74, 6) is 0. The van der Waals surface area contributed by atoms with Gasteiger partial charge in [-0.2, -0.15) is 0 Å². The fourth-order valence-corrected chi connectivity index (χ4v) is 4.57. The first-order valence-electron chi connectivity index (χ1n) is 9.35. The van der Waals surface area contributed by atoms with Gasteiger partial charge in [0.2, 0.25) is 0 Å². The van der Waals surface area contributed by atoms with Crippen molar-refractivity contribution in [3.8, 4) is 11.1 Å². The quantitative estimate of drug-likeness (QED) is 0.296. The molecule has 0 bridgehead atoms. The number of anilines is 3. The zero-order chi connectivity index (χ0) is 19.6. The van der Waals surface area contributed by atoms with E-state index in [-0.39, 0.29) is 0 Å². The third-order valence-electron chi connectivity index (χ3n) is 4.83. The second-order valence-corrected chi connectivity index (χ2v) is 8.32. The molecular weight excluding hydrogens is 396 g/mol. The predicted octanol–water partition coefficient (Wildman–Crippen LogP) is 8.09. The second kappa shape index (κ2) is 7.70. The summed E-state index contributed by atoms with van der Waals surface area (Å²) in [4.78, 5) is 6.62. The summed E-state index contributed by atoms with van der Waals surface area (Å²) < 4.78 is 1.67. The van der Waals surface area contributed by atoms with E-state index in [2.05, 4.69) is 94.8 Å². The highest BCUT2D eigenvalue weighted by molar-refractivity contribution is 7.22. The minimum Gasteiger partial charge on any atom is -0.310 e. The topological polar surface area (TPSA) is 16.1 Å². The number of hydrogen-bond donors (Lipinski definition) is 0. The molecule has 0 unspecified atom stereocenters. The average Bonchev–Trinajstić information content (AvgIpc) is 3.15. The van der Waals surface area contributed by atoms with Crippen molar-refractivity contribution in [2.75, 3.05) is 4.90 Å². The first kappa shape index (κ1) is 17.9. The summed E-state index contributed by atoms with van der Waals surface area (Å²) in [6, 6.07) is 35.8. The van der Waals surface area contributed by atoms with Crippen molar-refractivity contribution in [2.24, 2.45) is 0 Å². The van der Waals surface area contributed by atoms with E-state index in [1.54, 1.807) is 0 Å². The Hall–Kier alpha value is -3.14. The summed E-state index contributed by atoms with van der Waals surface area (Å²) in [7, 11) is 0. The zero-order valence-corrected chi connectivity index (χ0v) is 17.1. The molecular formula is C25H17ClN2S. The van der Waals surface area contributed by atoms with Crippen LogP contribution in [0.4, 0.5) is 17.1 Å². The van der Waals surface area contributed by atoms with Crippen LogP contribution in [0.15, 0.2) is 103 Å². The monoisotopic (exact) mass is 412 g/mol. The van der Waals surface area contributed by atoms with Crippen molar-refractivity contribution in [2.45, 2.75) is 0 Å². The molecule has 0 saturated heterocycles. The molecule has 5 aromatic rings. The van der Waals surface area contributed by atoms with Gasteiger partial charge in [0.15, 0.2) is 4.47 Å². The summed E-state index contributed by atoms with van der Waals surface area (Å²) in [6.45, 7) is 0. The number of thiazole rings is 1. The maximum absolute atomic E-state index is 6.08. The molecule has 0 atom stereocenters. The van der Waals surface area contributed by atoms with Crippen LogP contribution < -0.4 is 4.90 Å². The van der Waals surface area contributed by atoms with Gasteiger partial charge in [-0.25, -0.2) is 4.98 Å². The van der Waals surface area contributed by atoms with Gasteiger partial charge >= 0.3 is 0 Å². The molecule has 4 aromatic carbocycles. The lowest BCUT2D eigenvalue weighted by Gasteiger charge is -2.25. The summed E-state index contributed by atoms with van der Waals surface area (Å²) in [6.07, 6.45) is 0. The Balaban J connectivity index is 1.62. The van der Waals surface area contributed by atoms with E-state index in [0.29, 0.717) is 4.47 Å².